The van der Waals surface area contributed by atoms with Crippen LogP contribution in [0.5, 0.6) is 0 Å². The monoisotopic (exact) mass is 589 g/mol. The van der Waals surface area contributed by atoms with Crippen LogP contribution in [0.4, 0.5) is 5.69 Å². The number of anilines is 1. The highest BCUT2D eigenvalue weighted by Crippen LogP contribution is 2.29. The second-order valence-electron chi connectivity index (χ2n) is 9.65. The molecule has 3 aromatic rings. The van der Waals surface area contributed by atoms with Gasteiger partial charge in [0, 0.05) is 28.7 Å². The molecule has 0 heterocycles. The van der Waals surface area contributed by atoms with E-state index in [9.17, 15) is 18.0 Å². The maximum Gasteiger partial charge on any atom is 0.264 e. The highest BCUT2D eigenvalue weighted by atomic mass is 35.5. The van der Waals surface area contributed by atoms with E-state index < -0.39 is 28.5 Å². The molecule has 0 fully saturated rings. The standard InChI is InChI=1S/C29H33Cl2N3O4S/c1-20(2)17-32-29(36)22(4)33(18-24-25(30)14-10-15-26(24)31)28(35)19-34(27-16-9-8-11-21(27)3)39(37,38)23-12-6-5-7-13-23/h5-16,20,22H,17-19H2,1-4H3,(H,32,36)/t22-/m0/s1. The zero-order chi connectivity index (χ0) is 28.7. The lowest BCUT2D eigenvalue weighted by Crippen LogP contribution is -2.51. The van der Waals surface area contributed by atoms with E-state index in [-0.39, 0.29) is 23.3 Å². The van der Waals surface area contributed by atoms with Gasteiger partial charge in [0.2, 0.25) is 11.8 Å². The fourth-order valence-corrected chi connectivity index (χ4v) is 5.98. The zero-order valence-corrected chi connectivity index (χ0v) is 24.7. The molecule has 1 atom stereocenters. The largest absolute Gasteiger partial charge is 0.354 e. The number of nitrogens with zero attached hydrogens (tertiary/aromatic N) is 2. The predicted molar refractivity (Wildman–Crippen MR) is 156 cm³/mol. The Labute approximate surface area is 240 Å². The molecule has 0 bridgehead atoms. The number of halogens is 2. The summed E-state index contributed by atoms with van der Waals surface area (Å²) in [4.78, 5) is 28.4. The number of nitrogens with one attached hydrogen (secondary N) is 1. The molecule has 0 aliphatic carbocycles. The van der Waals surface area contributed by atoms with Crippen LogP contribution in [0.2, 0.25) is 10.0 Å². The van der Waals surface area contributed by atoms with Crippen LogP contribution < -0.4 is 9.62 Å². The summed E-state index contributed by atoms with van der Waals surface area (Å²) in [5.41, 5.74) is 1.50. The summed E-state index contributed by atoms with van der Waals surface area (Å²) in [7, 11) is -4.13. The van der Waals surface area contributed by atoms with E-state index in [1.165, 1.54) is 17.0 Å². The molecule has 0 unspecified atom stereocenters. The number of hydrogen-bond acceptors (Lipinski definition) is 4. The summed E-state index contributed by atoms with van der Waals surface area (Å²) in [6, 6.07) is 18.9. The van der Waals surface area contributed by atoms with Crippen molar-refractivity contribution in [2.24, 2.45) is 5.92 Å². The van der Waals surface area contributed by atoms with Gasteiger partial charge in [0.15, 0.2) is 0 Å². The third-order valence-electron chi connectivity index (χ3n) is 6.24. The number of aryl methyl sites for hydroxylation is 1. The second kappa shape index (κ2) is 13.3. The van der Waals surface area contributed by atoms with Gasteiger partial charge in [0.25, 0.3) is 10.0 Å². The van der Waals surface area contributed by atoms with Crippen LogP contribution in [0, 0.1) is 12.8 Å². The Morgan fingerprint density at radius 3 is 2.05 bits per heavy atom. The minimum atomic E-state index is -4.13. The van der Waals surface area contributed by atoms with Crippen molar-refractivity contribution < 1.29 is 18.0 Å². The van der Waals surface area contributed by atoms with Crippen molar-refractivity contribution in [2.75, 3.05) is 17.4 Å². The van der Waals surface area contributed by atoms with E-state index in [0.717, 1.165) is 4.31 Å². The van der Waals surface area contributed by atoms with Crippen molar-refractivity contribution >= 4 is 50.7 Å². The molecule has 0 spiro atoms. The van der Waals surface area contributed by atoms with Gasteiger partial charge in [0.05, 0.1) is 10.6 Å². The van der Waals surface area contributed by atoms with Crippen molar-refractivity contribution in [1.29, 1.82) is 0 Å². The van der Waals surface area contributed by atoms with E-state index in [0.29, 0.717) is 33.4 Å². The van der Waals surface area contributed by atoms with Gasteiger partial charge in [-0.05, 0) is 55.7 Å². The Balaban J connectivity index is 2.05. The van der Waals surface area contributed by atoms with Crippen LogP contribution in [0.25, 0.3) is 0 Å². The molecule has 0 radical (unpaired) electrons. The molecule has 0 saturated heterocycles. The number of hydrogen-bond donors (Lipinski definition) is 1. The molecule has 0 saturated carbocycles. The summed E-state index contributed by atoms with van der Waals surface area (Å²) in [6.07, 6.45) is 0. The first-order chi connectivity index (χ1) is 18.4. The molecule has 208 valence electrons. The van der Waals surface area contributed by atoms with Crippen molar-refractivity contribution in [2.45, 2.75) is 45.2 Å². The molecule has 10 heteroatoms. The molecular formula is C29H33Cl2N3O4S. The van der Waals surface area contributed by atoms with Crippen molar-refractivity contribution in [1.82, 2.24) is 10.2 Å². The van der Waals surface area contributed by atoms with Crippen LogP contribution >= 0.6 is 23.2 Å². The molecule has 0 aliphatic rings. The van der Waals surface area contributed by atoms with Crippen molar-refractivity contribution in [3.8, 4) is 0 Å². The SMILES string of the molecule is Cc1ccccc1N(CC(=O)N(Cc1c(Cl)cccc1Cl)[C@@H](C)C(=O)NCC(C)C)S(=O)(=O)c1ccccc1. The zero-order valence-electron chi connectivity index (χ0n) is 22.4. The van der Waals surface area contributed by atoms with Crippen molar-refractivity contribution in [3.05, 3.63) is 94.0 Å². The fourth-order valence-electron chi connectivity index (χ4n) is 3.97. The average Bonchev–Trinajstić information content (AvgIpc) is 2.90. The summed E-state index contributed by atoms with van der Waals surface area (Å²) in [5.74, 6) is -0.745. The molecule has 0 aromatic heterocycles. The molecule has 39 heavy (non-hydrogen) atoms. The first kappa shape index (κ1) is 30.5. The highest BCUT2D eigenvalue weighted by Gasteiger charge is 2.33. The van der Waals surface area contributed by atoms with Crippen LogP contribution in [0.3, 0.4) is 0 Å². The molecular weight excluding hydrogens is 557 g/mol. The Hall–Kier alpha value is -3.07. The molecule has 1 N–H and O–H groups in total. The molecule has 3 aromatic carbocycles. The number of rotatable bonds is 11. The van der Waals surface area contributed by atoms with E-state index in [2.05, 4.69) is 5.32 Å². The van der Waals surface area contributed by atoms with Gasteiger partial charge in [-0.1, -0.05) is 79.5 Å². The molecule has 0 aliphatic heterocycles. The summed E-state index contributed by atoms with van der Waals surface area (Å²) < 4.78 is 28.7. The molecule has 7 nitrogen and oxygen atoms in total. The lowest BCUT2D eigenvalue weighted by atomic mass is 10.1. The van der Waals surface area contributed by atoms with E-state index in [1.54, 1.807) is 74.5 Å². The normalized spacial score (nSPS) is 12.2. The third-order valence-corrected chi connectivity index (χ3v) is 8.72. The number of sulfonamides is 1. The number of carbonyl (C=O) groups excluding carboxylic acids is 2. The van der Waals surface area contributed by atoms with Crippen LogP contribution in [-0.2, 0) is 26.2 Å². The smallest absolute Gasteiger partial charge is 0.264 e. The number of benzene rings is 3. The first-order valence-corrected chi connectivity index (χ1v) is 14.8. The minimum absolute atomic E-state index is 0.0458. The third kappa shape index (κ3) is 7.53. The van der Waals surface area contributed by atoms with Gasteiger partial charge in [-0.2, -0.15) is 0 Å². The number of para-hydroxylation sites is 1. The van der Waals surface area contributed by atoms with Gasteiger partial charge in [0.1, 0.15) is 12.6 Å². The molecule has 2 amide bonds. The fraction of sp³-hybridized carbons (Fsp3) is 0.310. The Morgan fingerprint density at radius 2 is 1.46 bits per heavy atom. The lowest BCUT2D eigenvalue weighted by molar-refractivity contribution is -0.139. The Bertz CT molecular complexity index is 1390. The quantitative estimate of drug-likeness (QED) is 0.311. The van der Waals surface area contributed by atoms with Gasteiger partial charge >= 0.3 is 0 Å². The maximum absolute atomic E-state index is 14.0. The van der Waals surface area contributed by atoms with Crippen LogP contribution in [-0.4, -0.2) is 44.3 Å². The van der Waals surface area contributed by atoms with Crippen molar-refractivity contribution in [3.63, 3.8) is 0 Å². The van der Waals surface area contributed by atoms with Gasteiger partial charge in [-0.25, -0.2) is 8.42 Å². The number of amides is 2. The topological polar surface area (TPSA) is 86.8 Å². The summed E-state index contributed by atoms with van der Waals surface area (Å²) in [6.45, 7) is 7.11. The van der Waals surface area contributed by atoms with E-state index >= 15 is 0 Å². The summed E-state index contributed by atoms with van der Waals surface area (Å²) in [5, 5.41) is 3.52. The molecule has 3 rings (SSSR count). The first-order valence-electron chi connectivity index (χ1n) is 12.6. The summed E-state index contributed by atoms with van der Waals surface area (Å²) >= 11 is 12.8. The van der Waals surface area contributed by atoms with Gasteiger partial charge < -0.3 is 10.2 Å². The minimum Gasteiger partial charge on any atom is -0.354 e. The lowest BCUT2D eigenvalue weighted by Gasteiger charge is -2.33. The van der Waals surface area contributed by atoms with Gasteiger partial charge in [-0.15, -0.1) is 0 Å². The second-order valence-corrected chi connectivity index (χ2v) is 12.3. The maximum atomic E-state index is 14.0. The van der Waals surface area contributed by atoms with Gasteiger partial charge in [-0.3, -0.25) is 13.9 Å². The average molecular weight is 591 g/mol. The number of carbonyl (C=O) groups is 2. The van der Waals surface area contributed by atoms with Crippen LogP contribution in [0.15, 0.2) is 77.7 Å². The predicted octanol–water partition coefficient (Wildman–Crippen LogP) is 5.69. The Kier molecular flexibility index (Phi) is 10.4. The van der Waals surface area contributed by atoms with E-state index in [4.69, 9.17) is 23.2 Å². The highest BCUT2D eigenvalue weighted by molar-refractivity contribution is 7.92. The van der Waals surface area contributed by atoms with Crippen LogP contribution in [0.1, 0.15) is 31.9 Å². The van der Waals surface area contributed by atoms with E-state index in [1.807, 2.05) is 13.8 Å². The Morgan fingerprint density at radius 1 is 0.872 bits per heavy atom.